The van der Waals surface area contributed by atoms with Gasteiger partial charge in [-0.15, -0.1) is 0 Å². The van der Waals surface area contributed by atoms with E-state index in [0.717, 1.165) is 12.0 Å². The number of carbonyl (C=O) groups excluding carboxylic acids is 2. The van der Waals surface area contributed by atoms with Crippen LogP contribution in [0.3, 0.4) is 0 Å². The summed E-state index contributed by atoms with van der Waals surface area (Å²) in [6.45, 7) is 5.38. The van der Waals surface area contributed by atoms with Gasteiger partial charge in [0.1, 0.15) is 29.3 Å². The molecule has 0 aliphatic carbocycles. The van der Waals surface area contributed by atoms with Crippen molar-refractivity contribution in [2.24, 2.45) is 0 Å². The van der Waals surface area contributed by atoms with E-state index in [1.54, 1.807) is 31.2 Å². The second kappa shape index (κ2) is 9.42. The van der Waals surface area contributed by atoms with Gasteiger partial charge in [0.15, 0.2) is 5.78 Å². The Hall–Kier alpha value is -3.68. The highest BCUT2D eigenvalue weighted by atomic mass is 16.5. The fraction of sp³-hybridized carbons (Fsp3) is 0.304. The molecule has 0 bridgehead atoms. The maximum absolute atomic E-state index is 12.5. The van der Waals surface area contributed by atoms with E-state index in [-0.39, 0.29) is 35.9 Å². The fourth-order valence-corrected chi connectivity index (χ4v) is 3.25. The number of phenolic OH excluding ortho intramolecular Hbond substituents is 1. The van der Waals surface area contributed by atoms with Crippen molar-refractivity contribution in [3.8, 4) is 11.5 Å². The summed E-state index contributed by atoms with van der Waals surface area (Å²) in [5.74, 6) is -0.481. The SMILES string of the molecule is CCCc1c(OCc2ccn3c(=O)c(C(=O)OCC)cnc3c2)ccc(C(C)=O)c1O. The lowest BCUT2D eigenvalue weighted by molar-refractivity contribution is 0.0523. The third-order valence-corrected chi connectivity index (χ3v) is 4.78. The molecule has 3 aromatic rings. The number of phenols is 1. The van der Waals surface area contributed by atoms with Crippen LogP contribution < -0.4 is 10.3 Å². The van der Waals surface area contributed by atoms with Gasteiger partial charge < -0.3 is 14.6 Å². The molecular formula is C23H24N2O6. The van der Waals surface area contributed by atoms with Crippen LogP contribution >= 0.6 is 0 Å². The second-order valence-corrected chi connectivity index (χ2v) is 6.99. The number of rotatable bonds is 8. The minimum absolute atomic E-state index is 0.0509. The summed E-state index contributed by atoms with van der Waals surface area (Å²) in [4.78, 5) is 40.3. The van der Waals surface area contributed by atoms with E-state index < -0.39 is 11.5 Å². The number of fused-ring (bicyclic) bond motifs is 1. The van der Waals surface area contributed by atoms with Gasteiger partial charge in [-0.25, -0.2) is 9.78 Å². The highest BCUT2D eigenvalue weighted by Gasteiger charge is 2.17. The van der Waals surface area contributed by atoms with Crippen molar-refractivity contribution in [3.63, 3.8) is 0 Å². The van der Waals surface area contributed by atoms with Crippen LogP contribution in [0.5, 0.6) is 11.5 Å². The summed E-state index contributed by atoms with van der Waals surface area (Å²) in [5, 5.41) is 10.5. The van der Waals surface area contributed by atoms with Crippen molar-refractivity contribution in [1.82, 2.24) is 9.38 Å². The highest BCUT2D eigenvalue weighted by Crippen LogP contribution is 2.33. The number of hydrogen-bond acceptors (Lipinski definition) is 7. The van der Waals surface area contributed by atoms with Gasteiger partial charge in [0.05, 0.1) is 12.2 Å². The molecule has 31 heavy (non-hydrogen) atoms. The topological polar surface area (TPSA) is 107 Å². The summed E-state index contributed by atoms with van der Waals surface area (Å²) < 4.78 is 12.1. The number of ether oxygens (including phenoxy) is 2. The molecule has 0 amide bonds. The average molecular weight is 424 g/mol. The quantitative estimate of drug-likeness (QED) is 0.437. The van der Waals surface area contributed by atoms with Crippen molar-refractivity contribution in [2.75, 3.05) is 6.61 Å². The van der Waals surface area contributed by atoms with E-state index in [9.17, 15) is 19.5 Å². The zero-order valence-corrected chi connectivity index (χ0v) is 17.7. The molecule has 0 spiro atoms. The van der Waals surface area contributed by atoms with Gasteiger partial charge in [0.2, 0.25) is 0 Å². The van der Waals surface area contributed by atoms with Gasteiger partial charge >= 0.3 is 5.97 Å². The molecule has 1 N–H and O–H groups in total. The Bertz CT molecular complexity index is 1200. The molecule has 0 atom stereocenters. The molecule has 0 saturated heterocycles. The molecule has 3 rings (SSSR count). The largest absolute Gasteiger partial charge is 0.507 e. The molecule has 0 aliphatic rings. The predicted molar refractivity (Wildman–Crippen MR) is 114 cm³/mol. The van der Waals surface area contributed by atoms with Crippen LogP contribution in [0, 0.1) is 0 Å². The van der Waals surface area contributed by atoms with E-state index in [0.29, 0.717) is 23.4 Å². The molecule has 8 heteroatoms. The number of carbonyl (C=O) groups is 2. The lowest BCUT2D eigenvalue weighted by Crippen LogP contribution is -2.24. The average Bonchev–Trinajstić information content (AvgIpc) is 2.74. The molecule has 0 saturated carbocycles. The second-order valence-electron chi connectivity index (χ2n) is 6.99. The van der Waals surface area contributed by atoms with Gasteiger partial charge in [0.25, 0.3) is 5.56 Å². The minimum atomic E-state index is -0.709. The first-order chi connectivity index (χ1) is 14.9. The molecule has 0 fully saturated rings. The number of ketones is 1. The molecule has 2 heterocycles. The van der Waals surface area contributed by atoms with Crippen molar-refractivity contribution >= 4 is 17.4 Å². The van der Waals surface area contributed by atoms with Crippen LogP contribution in [-0.4, -0.2) is 32.9 Å². The first-order valence-electron chi connectivity index (χ1n) is 10.0. The first-order valence-corrected chi connectivity index (χ1v) is 10.0. The summed E-state index contributed by atoms with van der Waals surface area (Å²) in [7, 11) is 0. The summed E-state index contributed by atoms with van der Waals surface area (Å²) >= 11 is 0. The molecule has 0 unspecified atom stereocenters. The summed E-state index contributed by atoms with van der Waals surface area (Å²) in [6.07, 6.45) is 4.07. The number of nitrogens with zero attached hydrogens (tertiary/aromatic N) is 2. The Labute approximate surface area is 179 Å². The standard InChI is InChI=1S/C23H24N2O6/c1-4-6-17-19(8-7-16(14(3)26)21(17)27)31-13-15-9-10-25-20(11-15)24-12-18(22(25)28)23(29)30-5-2/h7-12,27H,4-6,13H2,1-3H3. The van der Waals surface area contributed by atoms with Crippen LogP contribution in [0.1, 0.15) is 59.0 Å². The van der Waals surface area contributed by atoms with Crippen LogP contribution in [0.4, 0.5) is 0 Å². The maximum atomic E-state index is 12.5. The Kier molecular flexibility index (Phi) is 6.69. The fourth-order valence-electron chi connectivity index (χ4n) is 3.25. The Balaban J connectivity index is 1.87. The van der Waals surface area contributed by atoms with Gasteiger partial charge in [-0.3, -0.25) is 14.0 Å². The molecule has 0 aliphatic heterocycles. The van der Waals surface area contributed by atoms with Crippen LogP contribution in [0.15, 0.2) is 41.5 Å². The maximum Gasteiger partial charge on any atom is 0.345 e. The van der Waals surface area contributed by atoms with Gasteiger partial charge in [-0.2, -0.15) is 0 Å². The van der Waals surface area contributed by atoms with Gasteiger partial charge in [0, 0.05) is 18.0 Å². The van der Waals surface area contributed by atoms with Gasteiger partial charge in [-0.05, 0) is 50.1 Å². The zero-order chi connectivity index (χ0) is 22.5. The van der Waals surface area contributed by atoms with Crippen molar-refractivity contribution < 1.29 is 24.2 Å². The smallest absolute Gasteiger partial charge is 0.345 e. The molecule has 162 valence electrons. The van der Waals surface area contributed by atoms with Gasteiger partial charge in [-0.1, -0.05) is 13.3 Å². The highest BCUT2D eigenvalue weighted by molar-refractivity contribution is 5.97. The monoisotopic (exact) mass is 424 g/mol. The number of benzene rings is 1. The molecule has 0 radical (unpaired) electrons. The summed E-state index contributed by atoms with van der Waals surface area (Å²) in [5.41, 5.74) is 1.32. The number of aromatic hydroxyl groups is 1. The normalized spacial score (nSPS) is 10.8. The van der Waals surface area contributed by atoms with Crippen molar-refractivity contribution in [3.05, 3.63) is 69.3 Å². The van der Waals surface area contributed by atoms with E-state index in [2.05, 4.69) is 4.98 Å². The Morgan fingerprint density at radius 1 is 1.16 bits per heavy atom. The first kappa shape index (κ1) is 22.0. The third-order valence-electron chi connectivity index (χ3n) is 4.78. The van der Waals surface area contributed by atoms with E-state index >= 15 is 0 Å². The molecule has 1 aromatic carbocycles. The predicted octanol–water partition coefficient (Wildman–Crippen LogP) is 3.31. The summed E-state index contributed by atoms with van der Waals surface area (Å²) in [6, 6.07) is 6.59. The lowest BCUT2D eigenvalue weighted by atomic mass is 10.0. The number of hydrogen-bond donors (Lipinski definition) is 1. The number of pyridine rings is 1. The number of aromatic nitrogens is 2. The lowest BCUT2D eigenvalue weighted by Gasteiger charge is -2.15. The third kappa shape index (κ3) is 4.58. The Morgan fingerprint density at radius 3 is 2.61 bits per heavy atom. The molecule has 8 nitrogen and oxygen atoms in total. The van der Waals surface area contributed by atoms with E-state index in [1.165, 1.54) is 23.7 Å². The minimum Gasteiger partial charge on any atom is -0.507 e. The van der Waals surface area contributed by atoms with Crippen molar-refractivity contribution in [1.29, 1.82) is 0 Å². The van der Waals surface area contributed by atoms with E-state index in [4.69, 9.17) is 9.47 Å². The van der Waals surface area contributed by atoms with Crippen LogP contribution in [0.25, 0.3) is 5.65 Å². The molecular weight excluding hydrogens is 400 g/mol. The van der Waals surface area contributed by atoms with Crippen LogP contribution in [-0.2, 0) is 17.8 Å². The van der Waals surface area contributed by atoms with Crippen LogP contribution in [0.2, 0.25) is 0 Å². The van der Waals surface area contributed by atoms with Crippen molar-refractivity contribution in [2.45, 2.75) is 40.2 Å². The zero-order valence-electron chi connectivity index (χ0n) is 17.7. The molecule has 2 aromatic heterocycles. The number of Topliss-reactive ketones (excluding diaryl/α,β-unsaturated/α-hetero) is 1. The Morgan fingerprint density at radius 2 is 1.94 bits per heavy atom. The van der Waals surface area contributed by atoms with E-state index in [1.807, 2.05) is 6.92 Å². The number of esters is 1.